The minimum atomic E-state index is 0.760. The molecule has 19 heavy (non-hydrogen) atoms. The van der Waals surface area contributed by atoms with E-state index in [-0.39, 0.29) is 0 Å². The summed E-state index contributed by atoms with van der Waals surface area (Å²) in [6.07, 6.45) is 4.64. The van der Waals surface area contributed by atoms with Gasteiger partial charge in [-0.05, 0) is 35.9 Å². The lowest BCUT2D eigenvalue weighted by atomic mass is 10.0. The van der Waals surface area contributed by atoms with E-state index in [1.54, 1.807) is 0 Å². The highest BCUT2D eigenvalue weighted by molar-refractivity contribution is 6.35. The van der Waals surface area contributed by atoms with Gasteiger partial charge in [0.25, 0.3) is 0 Å². The van der Waals surface area contributed by atoms with Crippen LogP contribution in [0.15, 0.2) is 54.9 Å². The lowest BCUT2D eigenvalue weighted by molar-refractivity contribution is 1.17. The normalized spacial score (nSPS) is 10.8. The molecular formula is C17H14ClN. The number of aryl methyl sites for hydroxylation is 1. The Bertz CT molecular complexity index is 717. The molecule has 0 aliphatic heterocycles. The summed E-state index contributed by atoms with van der Waals surface area (Å²) >= 11 is 6.21. The first-order valence-corrected chi connectivity index (χ1v) is 6.68. The van der Waals surface area contributed by atoms with Crippen molar-refractivity contribution in [2.24, 2.45) is 0 Å². The molecule has 1 aromatic heterocycles. The monoisotopic (exact) mass is 267 g/mol. The van der Waals surface area contributed by atoms with Crippen LogP contribution in [-0.2, 0) is 6.42 Å². The molecule has 2 heteroatoms. The third-order valence-corrected chi connectivity index (χ3v) is 3.68. The number of aromatic nitrogens is 1. The molecule has 0 radical (unpaired) electrons. The number of rotatable bonds is 2. The molecular weight excluding hydrogens is 254 g/mol. The largest absolute Gasteiger partial charge is 0.264 e. The zero-order valence-electron chi connectivity index (χ0n) is 10.7. The molecule has 94 valence electrons. The van der Waals surface area contributed by atoms with E-state index in [1.807, 2.05) is 24.5 Å². The average molecular weight is 268 g/mol. The molecule has 0 amide bonds. The molecule has 0 N–H and O–H groups in total. The van der Waals surface area contributed by atoms with E-state index in [1.165, 1.54) is 22.1 Å². The van der Waals surface area contributed by atoms with Crippen LogP contribution in [0.5, 0.6) is 0 Å². The molecule has 3 rings (SSSR count). The molecule has 2 aromatic carbocycles. The van der Waals surface area contributed by atoms with Gasteiger partial charge in [-0.3, -0.25) is 4.98 Å². The molecule has 0 fully saturated rings. The Kier molecular flexibility index (Phi) is 3.22. The van der Waals surface area contributed by atoms with Crippen molar-refractivity contribution in [2.45, 2.75) is 13.3 Å². The highest BCUT2D eigenvalue weighted by atomic mass is 35.5. The molecule has 0 bridgehead atoms. The van der Waals surface area contributed by atoms with E-state index >= 15 is 0 Å². The van der Waals surface area contributed by atoms with Crippen LogP contribution < -0.4 is 0 Å². The molecule has 3 aromatic rings. The van der Waals surface area contributed by atoms with Crippen LogP contribution >= 0.6 is 11.6 Å². The van der Waals surface area contributed by atoms with E-state index in [2.05, 4.69) is 42.2 Å². The zero-order valence-corrected chi connectivity index (χ0v) is 11.5. The first-order valence-electron chi connectivity index (χ1n) is 6.31. The van der Waals surface area contributed by atoms with Gasteiger partial charge in [0.05, 0.1) is 0 Å². The fourth-order valence-corrected chi connectivity index (χ4v) is 2.51. The van der Waals surface area contributed by atoms with Crippen molar-refractivity contribution in [1.29, 1.82) is 0 Å². The Balaban J connectivity index is 2.06. The first-order chi connectivity index (χ1) is 9.24. The van der Waals surface area contributed by atoms with Gasteiger partial charge in [0, 0.05) is 22.8 Å². The van der Waals surface area contributed by atoms with Gasteiger partial charge in [-0.25, -0.2) is 0 Å². The van der Waals surface area contributed by atoms with Crippen molar-refractivity contribution >= 4 is 22.4 Å². The summed E-state index contributed by atoms with van der Waals surface area (Å²) in [5, 5.41) is 2.97. The van der Waals surface area contributed by atoms with Crippen LogP contribution in [0.1, 0.15) is 16.7 Å². The van der Waals surface area contributed by atoms with Crippen molar-refractivity contribution in [2.75, 3.05) is 0 Å². The second-order valence-corrected chi connectivity index (χ2v) is 5.20. The number of benzene rings is 2. The van der Waals surface area contributed by atoms with Crippen molar-refractivity contribution in [3.05, 3.63) is 76.6 Å². The smallest absolute Gasteiger partial charge is 0.0499 e. The molecule has 0 saturated heterocycles. The summed E-state index contributed by atoms with van der Waals surface area (Å²) in [6.45, 7) is 2.10. The highest BCUT2D eigenvalue weighted by Crippen LogP contribution is 2.26. The molecule has 0 spiro atoms. The Labute approximate surface area is 117 Å². The lowest BCUT2D eigenvalue weighted by Crippen LogP contribution is -1.92. The van der Waals surface area contributed by atoms with Gasteiger partial charge in [-0.1, -0.05) is 53.6 Å². The summed E-state index contributed by atoms with van der Waals surface area (Å²) in [5.74, 6) is 0. The Morgan fingerprint density at radius 3 is 2.53 bits per heavy atom. The molecule has 0 unspecified atom stereocenters. The lowest BCUT2D eigenvalue weighted by Gasteiger charge is -2.07. The van der Waals surface area contributed by atoms with Gasteiger partial charge in [-0.15, -0.1) is 0 Å². The topological polar surface area (TPSA) is 12.9 Å². The van der Waals surface area contributed by atoms with Crippen molar-refractivity contribution in [3.63, 3.8) is 0 Å². The third kappa shape index (κ3) is 2.47. The molecule has 0 atom stereocenters. The Morgan fingerprint density at radius 2 is 1.74 bits per heavy atom. The quantitative estimate of drug-likeness (QED) is 0.651. The van der Waals surface area contributed by atoms with Gasteiger partial charge < -0.3 is 0 Å². The summed E-state index contributed by atoms with van der Waals surface area (Å²) in [4.78, 5) is 4.30. The fraction of sp³-hybridized carbons (Fsp3) is 0.118. The van der Waals surface area contributed by atoms with Crippen LogP contribution in [0.25, 0.3) is 10.8 Å². The van der Waals surface area contributed by atoms with Crippen LogP contribution in [-0.4, -0.2) is 4.98 Å². The zero-order chi connectivity index (χ0) is 13.2. The number of hydrogen-bond donors (Lipinski definition) is 0. The summed E-state index contributed by atoms with van der Waals surface area (Å²) < 4.78 is 0. The van der Waals surface area contributed by atoms with E-state index < -0.39 is 0 Å². The van der Waals surface area contributed by atoms with Crippen LogP contribution in [0.4, 0.5) is 0 Å². The van der Waals surface area contributed by atoms with Crippen LogP contribution in [0.2, 0.25) is 5.02 Å². The summed E-state index contributed by atoms with van der Waals surface area (Å²) in [7, 11) is 0. The van der Waals surface area contributed by atoms with Crippen molar-refractivity contribution in [3.8, 4) is 0 Å². The number of halogens is 1. The van der Waals surface area contributed by atoms with Crippen LogP contribution in [0, 0.1) is 6.92 Å². The number of nitrogens with zero attached hydrogens (tertiary/aromatic N) is 1. The van der Waals surface area contributed by atoms with Crippen molar-refractivity contribution in [1.82, 2.24) is 4.98 Å². The summed E-state index contributed by atoms with van der Waals surface area (Å²) in [5.41, 5.74) is 3.78. The molecule has 1 heterocycles. The van der Waals surface area contributed by atoms with E-state index in [0.717, 1.165) is 16.8 Å². The van der Waals surface area contributed by atoms with Gasteiger partial charge in [-0.2, -0.15) is 0 Å². The molecule has 0 aliphatic rings. The van der Waals surface area contributed by atoms with Crippen molar-refractivity contribution < 1.29 is 0 Å². The SMILES string of the molecule is Cc1ccc(Cc2cncc3c(Cl)cccc23)cc1. The molecule has 0 aliphatic carbocycles. The number of pyridine rings is 1. The predicted molar refractivity (Wildman–Crippen MR) is 80.7 cm³/mol. The van der Waals surface area contributed by atoms with Gasteiger partial charge in [0.15, 0.2) is 0 Å². The number of hydrogen-bond acceptors (Lipinski definition) is 1. The molecule has 1 nitrogen and oxygen atoms in total. The predicted octanol–water partition coefficient (Wildman–Crippen LogP) is 4.79. The maximum atomic E-state index is 6.21. The summed E-state index contributed by atoms with van der Waals surface area (Å²) in [6, 6.07) is 14.6. The number of fused-ring (bicyclic) bond motifs is 1. The van der Waals surface area contributed by atoms with Gasteiger partial charge in [0.1, 0.15) is 0 Å². The second-order valence-electron chi connectivity index (χ2n) is 4.80. The Morgan fingerprint density at radius 1 is 0.947 bits per heavy atom. The Hall–Kier alpha value is -1.86. The van der Waals surface area contributed by atoms with E-state index in [9.17, 15) is 0 Å². The highest BCUT2D eigenvalue weighted by Gasteiger charge is 2.05. The second kappa shape index (κ2) is 5.02. The van der Waals surface area contributed by atoms with E-state index in [4.69, 9.17) is 11.6 Å². The molecule has 0 saturated carbocycles. The van der Waals surface area contributed by atoms with Gasteiger partial charge in [0.2, 0.25) is 0 Å². The minimum absolute atomic E-state index is 0.760. The minimum Gasteiger partial charge on any atom is -0.264 e. The first kappa shape index (κ1) is 12.2. The van der Waals surface area contributed by atoms with E-state index in [0.29, 0.717) is 0 Å². The van der Waals surface area contributed by atoms with Gasteiger partial charge >= 0.3 is 0 Å². The standard InChI is InChI=1S/C17H14ClN/c1-12-5-7-13(8-6-12)9-14-10-19-11-16-15(14)3-2-4-17(16)18/h2-8,10-11H,9H2,1H3. The van der Waals surface area contributed by atoms with Crippen LogP contribution in [0.3, 0.4) is 0 Å². The maximum Gasteiger partial charge on any atom is 0.0499 e. The average Bonchev–Trinajstić information content (AvgIpc) is 2.43. The maximum absolute atomic E-state index is 6.21. The third-order valence-electron chi connectivity index (χ3n) is 3.35. The fourth-order valence-electron chi connectivity index (χ4n) is 2.29.